The number of nitrogens with zero attached hydrogens (tertiary/aromatic N) is 1. The molecule has 6 nitrogen and oxygen atoms in total. The Morgan fingerprint density at radius 1 is 1.42 bits per heavy atom. The van der Waals surface area contributed by atoms with E-state index in [1.54, 1.807) is 12.3 Å². The molecule has 0 radical (unpaired) electrons. The molecular formula is C18H21N3O3. The van der Waals surface area contributed by atoms with Crippen molar-refractivity contribution in [2.24, 2.45) is 5.92 Å². The maximum Gasteiger partial charge on any atom is 0.252 e. The molecule has 1 aliphatic rings. The smallest absolute Gasteiger partial charge is 0.252 e. The highest BCUT2D eigenvalue weighted by atomic mass is 16.3. The van der Waals surface area contributed by atoms with Crippen molar-refractivity contribution < 1.29 is 9.90 Å². The summed E-state index contributed by atoms with van der Waals surface area (Å²) in [6.07, 6.45) is 3.29. The third-order valence-corrected chi connectivity index (χ3v) is 4.46. The molecule has 24 heavy (non-hydrogen) atoms. The number of aliphatic hydroxyl groups excluding tert-OH is 1. The van der Waals surface area contributed by atoms with Gasteiger partial charge in [0.1, 0.15) is 0 Å². The number of hydrogen-bond donors (Lipinski definition) is 3. The van der Waals surface area contributed by atoms with Crippen LogP contribution < -0.4 is 10.9 Å². The van der Waals surface area contributed by atoms with Crippen LogP contribution in [-0.4, -0.2) is 27.1 Å². The van der Waals surface area contributed by atoms with Gasteiger partial charge < -0.3 is 15.4 Å². The predicted molar refractivity (Wildman–Crippen MR) is 89.6 cm³/mol. The van der Waals surface area contributed by atoms with Crippen LogP contribution in [0.5, 0.6) is 0 Å². The second-order valence-corrected chi connectivity index (χ2v) is 6.20. The van der Waals surface area contributed by atoms with Crippen LogP contribution in [0.2, 0.25) is 0 Å². The molecule has 126 valence electrons. The molecule has 2 aromatic rings. The van der Waals surface area contributed by atoms with E-state index >= 15 is 0 Å². The van der Waals surface area contributed by atoms with E-state index in [9.17, 15) is 14.7 Å². The number of amides is 1. The van der Waals surface area contributed by atoms with E-state index in [4.69, 9.17) is 0 Å². The molecular weight excluding hydrogens is 306 g/mol. The van der Waals surface area contributed by atoms with Gasteiger partial charge in [-0.25, -0.2) is 0 Å². The number of carbonyl (C=O) groups excluding carboxylic acids is 1. The van der Waals surface area contributed by atoms with Gasteiger partial charge in [0.05, 0.1) is 17.8 Å². The van der Waals surface area contributed by atoms with Crippen LogP contribution in [0.4, 0.5) is 0 Å². The highest BCUT2D eigenvalue weighted by Crippen LogP contribution is 2.37. The molecule has 0 aliphatic heterocycles. The molecule has 6 heteroatoms. The lowest BCUT2D eigenvalue weighted by atomic mass is 9.76. The van der Waals surface area contributed by atoms with Gasteiger partial charge in [-0.1, -0.05) is 13.0 Å². The lowest BCUT2D eigenvalue weighted by Crippen LogP contribution is -2.42. The molecule has 0 unspecified atom stereocenters. The van der Waals surface area contributed by atoms with Crippen LogP contribution in [0, 0.1) is 5.92 Å². The Hall–Kier alpha value is -2.47. The minimum atomic E-state index is -0.315. The van der Waals surface area contributed by atoms with Gasteiger partial charge in [0.15, 0.2) is 0 Å². The van der Waals surface area contributed by atoms with Gasteiger partial charge in [0.25, 0.3) is 5.91 Å². The molecule has 0 saturated heterocycles. The molecule has 2 heterocycles. The van der Waals surface area contributed by atoms with Crippen molar-refractivity contribution in [2.75, 3.05) is 0 Å². The summed E-state index contributed by atoms with van der Waals surface area (Å²) >= 11 is 0. The summed E-state index contributed by atoms with van der Waals surface area (Å²) in [6.45, 7) is 1.92. The van der Waals surface area contributed by atoms with Gasteiger partial charge >= 0.3 is 0 Å². The zero-order valence-electron chi connectivity index (χ0n) is 13.5. The first-order valence-corrected chi connectivity index (χ1v) is 8.20. The van der Waals surface area contributed by atoms with Crippen LogP contribution in [0.1, 0.15) is 47.6 Å². The van der Waals surface area contributed by atoms with Crippen molar-refractivity contribution in [2.45, 2.75) is 38.3 Å². The van der Waals surface area contributed by atoms with Gasteiger partial charge in [-0.05, 0) is 43.4 Å². The standard InChI is InChI=1S/C18H21N3O3/c1-2-13-7-12(10-16(23)20-13)18(24)21-17(11-8-14(22)9-11)15-5-3-4-6-19-15/h3-7,10-11,14,17,22H,2,8-9H2,1H3,(H,20,23)(H,21,24)/t11?,14?,17-/m1/s1. The van der Waals surface area contributed by atoms with Gasteiger partial charge in [-0.3, -0.25) is 14.6 Å². The average Bonchev–Trinajstić information content (AvgIpc) is 2.57. The first-order chi connectivity index (χ1) is 11.6. The van der Waals surface area contributed by atoms with Crippen LogP contribution in [-0.2, 0) is 6.42 Å². The SMILES string of the molecule is CCc1cc(C(=O)N[C@@H](c2ccccn2)C2CC(O)C2)cc(=O)[nH]1. The summed E-state index contributed by atoms with van der Waals surface area (Å²) in [5.74, 6) is -0.153. The van der Waals surface area contributed by atoms with E-state index in [2.05, 4.69) is 15.3 Å². The van der Waals surface area contributed by atoms with Gasteiger partial charge in [-0.15, -0.1) is 0 Å². The van der Waals surface area contributed by atoms with E-state index in [1.165, 1.54) is 6.07 Å². The van der Waals surface area contributed by atoms with E-state index in [0.29, 0.717) is 24.8 Å². The second kappa shape index (κ2) is 6.97. The molecule has 0 spiro atoms. The zero-order valence-corrected chi connectivity index (χ0v) is 13.5. The number of rotatable bonds is 5. The molecule has 0 bridgehead atoms. The fraction of sp³-hybridized carbons (Fsp3) is 0.389. The monoisotopic (exact) mass is 327 g/mol. The number of aryl methyl sites for hydroxylation is 1. The van der Waals surface area contributed by atoms with Gasteiger partial charge in [0, 0.05) is 23.5 Å². The summed E-state index contributed by atoms with van der Waals surface area (Å²) in [7, 11) is 0. The Morgan fingerprint density at radius 3 is 2.83 bits per heavy atom. The minimum absolute atomic E-state index is 0.145. The Balaban J connectivity index is 1.83. The molecule has 1 saturated carbocycles. The average molecular weight is 327 g/mol. The van der Waals surface area contributed by atoms with Crippen molar-refractivity contribution in [3.8, 4) is 0 Å². The predicted octanol–water partition coefficient (Wildman–Crippen LogP) is 1.57. The minimum Gasteiger partial charge on any atom is -0.393 e. The van der Waals surface area contributed by atoms with Gasteiger partial charge in [-0.2, -0.15) is 0 Å². The lowest BCUT2D eigenvalue weighted by molar-refractivity contribution is 0.0228. The molecule has 1 amide bonds. The number of aromatic nitrogens is 2. The third kappa shape index (κ3) is 3.54. The van der Waals surface area contributed by atoms with Crippen LogP contribution in [0.15, 0.2) is 41.3 Å². The van der Waals surface area contributed by atoms with Crippen LogP contribution in [0.25, 0.3) is 0 Å². The molecule has 0 aromatic carbocycles. The van der Waals surface area contributed by atoms with Crippen molar-refractivity contribution in [3.05, 3.63) is 63.8 Å². The fourth-order valence-electron chi connectivity index (χ4n) is 3.04. The number of aromatic amines is 1. The first kappa shape index (κ1) is 16.4. The Bertz CT molecular complexity index is 767. The second-order valence-electron chi connectivity index (χ2n) is 6.20. The van der Waals surface area contributed by atoms with E-state index < -0.39 is 0 Å². The van der Waals surface area contributed by atoms with Crippen molar-refractivity contribution >= 4 is 5.91 Å². The number of carbonyl (C=O) groups is 1. The topological polar surface area (TPSA) is 95.1 Å². The van der Waals surface area contributed by atoms with E-state index in [-0.39, 0.29) is 29.5 Å². The van der Waals surface area contributed by atoms with Gasteiger partial charge in [0.2, 0.25) is 5.56 Å². The molecule has 2 aromatic heterocycles. The lowest BCUT2D eigenvalue weighted by Gasteiger charge is -2.37. The summed E-state index contributed by atoms with van der Waals surface area (Å²) < 4.78 is 0. The van der Waals surface area contributed by atoms with Crippen molar-refractivity contribution in [1.29, 1.82) is 0 Å². The Labute approximate surface area is 140 Å². The molecule has 1 atom stereocenters. The highest BCUT2D eigenvalue weighted by molar-refractivity contribution is 5.94. The summed E-state index contributed by atoms with van der Waals surface area (Å²) in [5.41, 5.74) is 1.55. The van der Waals surface area contributed by atoms with Crippen LogP contribution in [0.3, 0.4) is 0 Å². The summed E-state index contributed by atoms with van der Waals surface area (Å²) in [5, 5.41) is 12.6. The quantitative estimate of drug-likeness (QED) is 0.777. The number of hydrogen-bond acceptors (Lipinski definition) is 4. The molecule has 1 fully saturated rings. The number of H-pyrrole nitrogens is 1. The highest BCUT2D eigenvalue weighted by Gasteiger charge is 2.36. The number of aliphatic hydroxyl groups is 1. The Kier molecular flexibility index (Phi) is 4.76. The maximum absolute atomic E-state index is 12.6. The van der Waals surface area contributed by atoms with E-state index in [0.717, 1.165) is 11.4 Å². The van der Waals surface area contributed by atoms with Crippen molar-refractivity contribution in [1.82, 2.24) is 15.3 Å². The largest absolute Gasteiger partial charge is 0.393 e. The first-order valence-electron chi connectivity index (χ1n) is 8.20. The molecule has 1 aliphatic carbocycles. The fourth-order valence-corrected chi connectivity index (χ4v) is 3.04. The summed E-state index contributed by atoms with van der Waals surface area (Å²) in [6, 6.07) is 8.29. The molecule has 3 rings (SSSR count). The van der Waals surface area contributed by atoms with Crippen molar-refractivity contribution in [3.63, 3.8) is 0 Å². The zero-order chi connectivity index (χ0) is 17.1. The molecule has 3 N–H and O–H groups in total. The number of pyridine rings is 2. The summed E-state index contributed by atoms with van der Waals surface area (Å²) in [4.78, 5) is 31.4. The normalized spacial score (nSPS) is 20.9. The maximum atomic E-state index is 12.6. The third-order valence-electron chi connectivity index (χ3n) is 4.46. The number of nitrogens with one attached hydrogen (secondary N) is 2. The van der Waals surface area contributed by atoms with E-state index in [1.807, 2.05) is 25.1 Å². The van der Waals surface area contributed by atoms with Crippen LogP contribution >= 0.6 is 0 Å². The Morgan fingerprint density at radius 2 is 2.21 bits per heavy atom.